The number of ether oxygens (including phenoxy) is 1. The molecule has 41 heavy (non-hydrogen) atoms. The Bertz CT molecular complexity index is 1430. The third kappa shape index (κ3) is 7.84. The van der Waals surface area contributed by atoms with Crippen LogP contribution in [0.2, 0.25) is 0 Å². The zero-order valence-corrected chi connectivity index (χ0v) is 23.1. The number of para-hydroxylation sites is 1. The Morgan fingerprint density at radius 1 is 0.854 bits per heavy atom. The smallest absolute Gasteiger partial charge is 0.335 e. The van der Waals surface area contributed by atoms with Crippen LogP contribution in [-0.4, -0.2) is 41.1 Å². The van der Waals surface area contributed by atoms with E-state index in [2.05, 4.69) is 10.2 Å². The SMILES string of the molecule is Cl.O=C(O)c1ccc(Oc2ccc(CN3CCC(N(C(=O)Nc4ccc(F)cc4)c4ccccc4)CC3)cc2)cc1. The molecule has 7 nitrogen and oxygen atoms in total. The average Bonchev–Trinajstić information content (AvgIpc) is 2.97. The van der Waals surface area contributed by atoms with Crippen LogP contribution in [0.5, 0.6) is 11.5 Å². The number of benzene rings is 4. The number of rotatable bonds is 8. The van der Waals surface area contributed by atoms with E-state index in [1.54, 1.807) is 24.3 Å². The Hall–Kier alpha value is -4.40. The van der Waals surface area contributed by atoms with Gasteiger partial charge in [0.25, 0.3) is 0 Å². The maximum Gasteiger partial charge on any atom is 0.335 e. The topological polar surface area (TPSA) is 82.1 Å². The summed E-state index contributed by atoms with van der Waals surface area (Å²) in [6.07, 6.45) is 1.64. The zero-order chi connectivity index (χ0) is 27.9. The molecule has 0 unspecified atom stereocenters. The van der Waals surface area contributed by atoms with Gasteiger partial charge in [-0.2, -0.15) is 0 Å². The van der Waals surface area contributed by atoms with E-state index in [4.69, 9.17) is 9.84 Å². The van der Waals surface area contributed by atoms with Gasteiger partial charge in [0.2, 0.25) is 0 Å². The number of piperidine rings is 1. The first-order chi connectivity index (χ1) is 19.4. The number of carbonyl (C=O) groups excluding carboxylic acids is 1. The van der Waals surface area contributed by atoms with Crippen LogP contribution in [0.15, 0.2) is 103 Å². The molecule has 1 fully saturated rings. The van der Waals surface area contributed by atoms with Crippen molar-refractivity contribution in [1.29, 1.82) is 0 Å². The van der Waals surface area contributed by atoms with Gasteiger partial charge < -0.3 is 15.2 Å². The molecular weight excluding hydrogens is 545 g/mol. The van der Waals surface area contributed by atoms with Crippen molar-refractivity contribution in [3.63, 3.8) is 0 Å². The molecule has 4 aromatic carbocycles. The number of hydrogen-bond acceptors (Lipinski definition) is 4. The fourth-order valence-electron chi connectivity index (χ4n) is 4.86. The summed E-state index contributed by atoms with van der Waals surface area (Å²) in [7, 11) is 0. The lowest BCUT2D eigenvalue weighted by molar-refractivity contribution is 0.0697. The van der Waals surface area contributed by atoms with E-state index >= 15 is 0 Å². The first kappa shape index (κ1) is 29.6. The largest absolute Gasteiger partial charge is 0.478 e. The summed E-state index contributed by atoms with van der Waals surface area (Å²) in [5.41, 5.74) is 2.75. The number of nitrogens with one attached hydrogen (secondary N) is 1. The number of amides is 2. The molecule has 1 aliphatic heterocycles. The third-order valence-electron chi connectivity index (χ3n) is 6.94. The van der Waals surface area contributed by atoms with Crippen molar-refractivity contribution < 1.29 is 23.8 Å². The monoisotopic (exact) mass is 575 g/mol. The summed E-state index contributed by atoms with van der Waals surface area (Å²) < 4.78 is 19.2. The fraction of sp³-hybridized carbons (Fsp3) is 0.188. The standard InChI is InChI=1S/C32H30FN3O4.ClH/c33-25-10-12-26(13-11-25)34-32(39)36(27-4-2-1-3-5-27)28-18-20-35(21-19-28)22-23-6-14-29(15-7-23)40-30-16-8-24(9-17-30)31(37)38;/h1-17,28H,18-22H2,(H,34,39)(H,37,38);1H. The molecule has 2 amide bonds. The summed E-state index contributed by atoms with van der Waals surface area (Å²) in [5, 5.41) is 12.0. The van der Waals surface area contributed by atoms with Crippen molar-refractivity contribution in [3.05, 3.63) is 120 Å². The van der Waals surface area contributed by atoms with Crippen LogP contribution in [0.4, 0.5) is 20.6 Å². The summed E-state index contributed by atoms with van der Waals surface area (Å²) in [6, 6.07) is 29.4. The molecule has 9 heteroatoms. The minimum atomic E-state index is -0.971. The van der Waals surface area contributed by atoms with E-state index in [9.17, 15) is 14.0 Å². The van der Waals surface area contributed by atoms with Crippen molar-refractivity contribution in [2.24, 2.45) is 0 Å². The predicted octanol–water partition coefficient (Wildman–Crippen LogP) is 7.44. The summed E-state index contributed by atoms with van der Waals surface area (Å²) in [4.78, 5) is 28.6. The van der Waals surface area contributed by atoms with Gasteiger partial charge in [0, 0.05) is 37.1 Å². The lowest BCUT2D eigenvalue weighted by atomic mass is 10.0. The van der Waals surface area contributed by atoms with Gasteiger partial charge in [-0.25, -0.2) is 14.0 Å². The molecule has 4 aromatic rings. The van der Waals surface area contributed by atoms with Gasteiger partial charge in [0.1, 0.15) is 17.3 Å². The minimum absolute atomic E-state index is 0. The van der Waals surface area contributed by atoms with Crippen molar-refractivity contribution in [3.8, 4) is 11.5 Å². The molecule has 212 valence electrons. The number of halogens is 2. The van der Waals surface area contributed by atoms with Crippen LogP contribution in [0.1, 0.15) is 28.8 Å². The van der Waals surface area contributed by atoms with Crippen molar-refractivity contribution in [2.45, 2.75) is 25.4 Å². The highest BCUT2D eigenvalue weighted by atomic mass is 35.5. The molecule has 1 heterocycles. The first-order valence-corrected chi connectivity index (χ1v) is 13.2. The maximum absolute atomic E-state index is 13.3. The van der Waals surface area contributed by atoms with Crippen LogP contribution in [0.25, 0.3) is 0 Å². The van der Waals surface area contributed by atoms with Crippen molar-refractivity contribution >= 4 is 35.8 Å². The maximum atomic E-state index is 13.3. The van der Waals surface area contributed by atoms with Gasteiger partial charge in [-0.3, -0.25) is 9.80 Å². The molecule has 0 spiro atoms. The Kier molecular flexibility index (Phi) is 9.95. The van der Waals surface area contributed by atoms with Crippen molar-refractivity contribution in [1.82, 2.24) is 4.90 Å². The number of urea groups is 1. The number of aromatic carboxylic acids is 1. The molecule has 0 aromatic heterocycles. The second-order valence-corrected chi connectivity index (χ2v) is 9.73. The van der Waals surface area contributed by atoms with Gasteiger partial charge in [0.05, 0.1) is 5.56 Å². The van der Waals surface area contributed by atoms with Gasteiger partial charge in [-0.05, 0) is 91.2 Å². The zero-order valence-electron chi connectivity index (χ0n) is 22.3. The van der Waals surface area contributed by atoms with Crippen LogP contribution < -0.4 is 15.0 Å². The molecule has 1 saturated heterocycles. The second-order valence-electron chi connectivity index (χ2n) is 9.73. The van der Waals surface area contributed by atoms with Gasteiger partial charge in [-0.1, -0.05) is 30.3 Å². The van der Waals surface area contributed by atoms with Crippen LogP contribution in [0, 0.1) is 5.82 Å². The lowest BCUT2D eigenvalue weighted by Crippen LogP contribution is -2.49. The number of hydrogen-bond donors (Lipinski definition) is 2. The highest BCUT2D eigenvalue weighted by molar-refractivity contribution is 6.02. The average molecular weight is 576 g/mol. The number of anilines is 2. The molecule has 0 bridgehead atoms. The molecule has 0 saturated carbocycles. The first-order valence-electron chi connectivity index (χ1n) is 13.2. The molecule has 0 aliphatic carbocycles. The Labute approximate surface area is 244 Å². The number of carbonyl (C=O) groups is 2. The third-order valence-corrected chi connectivity index (χ3v) is 6.94. The van der Waals surface area contributed by atoms with Crippen LogP contribution in [0.3, 0.4) is 0 Å². The van der Waals surface area contributed by atoms with E-state index in [1.807, 2.05) is 59.5 Å². The number of likely N-dealkylation sites (tertiary alicyclic amines) is 1. The summed E-state index contributed by atoms with van der Waals surface area (Å²) in [5.74, 6) is -0.0665. The van der Waals surface area contributed by atoms with E-state index < -0.39 is 5.97 Å². The number of nitrogens with zero attached hydrogens (tertiary/aromatic N) is 2. The highest BCUT2D eigenvalue weighted by Gasteiger charge is 2.29. The number of carboxylic acids is 1. The van der Waals surface area contributed by atoms with Gasteiger partial charge in [0.15, 0.2) is 0 Å². The van der Waals surface area contributed by atoms with E-state index in [1.165, 1.54) is 24.3 Å². The minimum Gasteiger partial charge on any atom is -0.478 e. The molecule has 0 atom stereocenters. The molecule has 1 aliphatic rings. The normalized spacial score (nSPS) is 13.6. The Balaban J connectivity index is 0.00000387. The van der Waals surface area contributed by atoms with E-state index in [-0.39, 0.29) is 35.9 Å². The fourth-order valence-corrected chi connectivity index (χ4v) is 4.86. The predicted molar refractivity (Wildman–Crippen MR) is 160 cm³/mol. The van der Waals surface area contributed by atoms with E-state index in [0.717, 1.165) is 43.7 Å². The van der Waals surface area contributed by atoms with Crippen molar-refractivity contribution in [2.75, 3.05) is 23.3 Å². The van der Waals surface area contributed by atoms with Crippen LogP contribution >= 0.6 is 12.4 Å². The second kappa shape index (κ2) is 13.8. The number of carboxylic acid groups (broad SMARTS) is 1. The van der Waals surface area contributed by atoms with Crippen LogP contribution in [-0.2, 0) is 6.54 Å². The molecule has 5 rings (SSSR count). The lowest BCUT2D eigenvalue weighted by Gasteiger charge is -2.38. The summed E-state index contributed by atoms with van der Waals surface area (Å²) in [6.45, 7) is 2.46. The molecular formula is C32H31ClFN3O4. The Morgan fingerprint density at radius 2 is 1.44 bits per heavy atom. The molecule has 2 N–H and O–H groups in total. The van der Waals surface area contributed by atoms with E-state index in [0.29, 0.717) is 17.2 Å². The quantitative estimate of drug-likeness (QED) is 0.228. The van der Waals surface area contributed by atoms with Gasteiger partial charge in [-0.15, -0.1) is 12.4 Å². The Morgan fingerprint density at radius 3 is 2.02 bits per heavy atom. The summed E-state index contributed by atoms with van der Waals surface area (Å²) >= 11 is 0. The molecule has 0 radical (unpaired) electrons. The highest BCUT2D eigenvalue weighted by Crippen LogP contribution is 2.27. The van der Waals surface area contributed by atoms with Gasteiger partial charge >= 0.3 is 12.0 Å².